The zero-order valence-electron chi connectivity index (χ0n) is 23.8. The maximum Gasteiger partial charge on any atom is 0.297 e. The minimum absolute atomic E-state index is 0.134. The van der Waals surface area contributed by atoms with Gasteiger partial charge in [-0.15, -0.1) is 0 Å². The van der Waals surface area contributed by atoms with Crippen LogP contribution >= 0.6 is 39.1 Å². The number of halogens is 3. The summed E-state index contributed by atoms with van der Waals surface area (Å²) in [6.07, 6.45) is 1.65. The highest BCUT2D eigenvalue weighted by Crippen LogP contribution is 2.38. The van der Waals surface area contributed by atoms with E-state index in [9.17, 15) is 14.4 Å². The fourth-order valence-corrected chi connectivity index (χ4v) is 5.16. The Morgan fingerprint density at radius 2 is 1.74 bits per heavy atom. The first kappa shape index (κ1) is 32.0. The molecular weight excluding hydrogens is 663 g/mol. The van der Waals surface area contributed by atoms with Crippen molar-refractivity contribution in [3.05, 3.63) is 68.2 Å². The van der Waals surface area contributed by atoms with Crippen LogP contribution in [0, 0.1) is 0 Å². The maximum atomic E-state index is 11.5. The number of nitrogens with one attached hydrogen (secondary N) is 3. The molecule has 0 atom stereocenters. The van der Waals surface area contributed by atoms with Crippen molar-refractivity contribution in [2.75, 3.05) is 44.3 Å². The first-order chi connectivity index (χ1) is 20.4. The fourth-order valence-electron chi connectivity index (χ4n) is 4.30. The topological polar surface area (TPSA) is 135 Å². The van der Waals surface area contributed by atoms with Gasteiger partial charge in [0.05, 0.1) is 35.5 Å². The van der Waals surface area contributed by atoms with Crippen LogP contribution in [0.25, 0.3) is 10.9 Å². The summed E-state index contributed by atoms with van der Waals surface area (Å²) in [4.78, 5) is 44.9. The maximum absolute atomic E-state index is 11.5. The summed E-state index contributed by atoms with van der Waals surface area (Å²) in [5.74, 6) is -0.0178. The third kappa shape index (κ3) is 7.34. The van der Waals surface area contributed by atoms with Crippen LogP contribution in [-0.2, 0) is 16.1 Å². The fraction of sp³-hybridized carbons (Fsp3) is 0.207. The van der Waals surface area contributed by atoms with Gasteiger partial charge >= 0.3 is 0 Å². The van der Waals surface area contributed by atoms with Crippen LogP contribution in [0.4, 0.5) is 23.0 Å². The van der Waals surface area contributed by atoms with Crippen molar-refractivity contribution in [1.82, 2.24) is 14.9 Å². The van der Waals surface area contributed by atoms with Crippen LogP contribution in [-0.4, -0.2) is 60.8 Å². The molecule has 0 bridgehead atoms. The Morgan fingerprint density at radius 1 is 1.05 bits per heavy atom. The SMILES string of the molecule is COc1cc(Br)c(Cl)c2cnc(Nc3cc(CN(C)C)cc(NC(C)=O)c3)nc12.COc1ccc(Cl)c2c1NC(=O)C2=O. The van der Waals surface area contributed by atoms with E-state index in [-0.39, 0.29) is 16.5 Å². The Kier molecular flexibility index (Phi) is 10.1. The molecule has 43 heavy (non-hydrogen) atoms. The van der Waals surface area contributed by atoms with Crippen LogP contribution in [0.3, 0.4) is 0 Å². The Labute approximate surface area is 266 Å². The summed E-state index contributed by atoms with van der Waals surface area (Å²) >= 11 is 15.6. The first-order valence-corrected chi connectivity index (χ1v) is 14.2. The first-order valence-electron chi connectivity index (χ1n) is 12.7. The predicted octanol–water partition coefficient (Wildman–Crippen LogP) is 6.30. The molecule has 1 aromatic heterocycles. The summed E-state index contributed by atoms with van der Waals surface area (Å²) in [7, 11) is 7.00. The third-order valence-corrected chi connectivity index (χ3v) is 7.60. The second-order valence-corrected chi connectivity index (χ2v) is 11.2. The van der Waals surface area contributed by atoms with Crippen LogP contribution in [0.15, 0.2) is 47.1 Å². The van der Waals surface area contributed by atoms with Gasteiger partial charge in [0.25, 0.3) is 11.7 Å². The molecule has 0 aliphatic carbocycles. The number of methoxy groups -OCH3 is 2. The lowest BCUT2D eigenvalue weighted by molar-refractivity contribution is -0.114. The highest BCUT2D eigenvalue weighted by molar-refractivity contribution is 9.10. The Balaban J connectivity index is 0.000000251. The number of nitrogens with zero attached hydrogens (tertiary/aromatic N) is 3. The zero-order valence-corrected chi connectivity index (χ0v) is 26.9. The highest BCUT2D eigenvalue weighted by Gasteiger charge is 2.32. The molecule has 0 spiro atoms. The molecule has 3 N–H and O–H groups in total. The molecule has 1 aliphatic rings. The number of aromatic nitrogens is 2. The van der Waals surface area contributed by atoms with Gasteiger partial charge in [0.1, 0.15) is 17.0 Å². The van der Waals surface area contributed by atoms with Gasteiger partial charge in [-0.05, 0) is 72.0 Å². The van der Waals surface area contributed by atoms with Crippen LogP contribution in [0.2, 0.25) is 10.0 Å². The normalized spacial score (nSPS) is 11.9. The number of fused-ring (bicyclic) bond motifs is 2. The van der Waals surface area contributed by atoms with Gasteiger partial charge in [-0.3, -0.25) is 14.4 Å². The molecule has 1 aliphatic heterocycles. The van der Waals surface area contributed by atoms with Gasteiger partial charge < -0.3 is 30.3 Å². The van der Waals surface area contributed by atoms with E-state index in [2.05, 4.69) is 41.8 Å². The number of ether oxygens (including phenoxy) is 2. The molecule has 4 aromatic rings. The second kappa shape index (κ2) is 13.6. The second-order valence-electron chi connectivity index (χ2n) is 9.58. The number of amides is 2. The Bertz CT molecular complexity index is 1750. The molecule has 2 heterocycles. The molecule has 0 unspecified atom stereocenters. The van der Waals surface area contributed by atoms with Gasteiger partial charge in [-0.1, -0.05) is 23.2 Å². The smallest absolute Gasteiger partial charge is 0.297 e. The summed E-state index contributed by atoms with van der Waals surface area (Å²) < 4.78 is 11.1. The number of carbonyl (C=O) groups is 3. The number of carbonyl (C=O) groups excluding carboxylic acids is 3. The van der Waals surface area contributed by atoms with Crippen LogP contribution < -0.4 is 25.4 Å². The number of ketones is 1. The summed E-state index contributed by atoms with van der Waals surface area (Å²) in [5.41, 5.74) is 3.64. The summed E-state index contributed by atoms with van der Waals surface area (Å²) in [6.45, 7) is 2.20. The largest absolute Gasteiger partial charge is 0.495 e. The van der Waals surface area contributed by atoms with E-state index in [1.165, 1.54) is 20.1 Å². The number of hydrogen-bond acceptors (Lipinski definition) is 9. The van der Waals surface area contributed by atoms with Gasteiger partial charge in [-0.25, -0.2) is 9.97 Å². The minimum atomic E-state index is -0.675. The summed E-state index contributed by atoms with van der Waals surface area (Å²) in [6, 6.07) is 10.7. The molecule has 0 fully saturated rings. The van der Waals surface area contributed by atoms with Crippen molar-refractivity contribution in [1.29, 1.82) is 0 Å². The Morgan fingerprint density at radius 3 is 2.40 bits per heavy atom. The lowest BCUT2D eigenvalue weighted by atomic mass is 10.1. The zero-order chi connectivity index (χ0) is 31.4. The van der Waals surface area contributed by atoms with Crippen molar-refractivity contribution < 1.29 is 23.9 Å². The molecule has 0 saturated carbocycles. The van der Waals surface area contributed by atoms with Gasteiger partial charge in [0.2, 0.25) is 11.9 Å². The van der Waals surface area contributed by atoms with E-state index in [1.54, 1.807) is 25.4 Å². The standard InChI is InChI=1S/C20H21BrClN5O2.C9H6ClNO3/c1-11(28)24-13-5-12(10-27(2)3)6-14(7-13)25-20-23-9-15-18(22)16(21)8-17(29-4)19(15)26-20;1-14-5-3-2-4(10)6-7(5)11-9(13)8(6)12/h5-9H,10H2,1-4H3,(H,24,28)(H,23,25,26);2-3H,1H3,(H,11,12,13). The Hall–Kier alpha value is -3.97. The molecule has 5 rings (SSSR count). The van der Waals surface area contributed by atoms with E-state index >= 15 is 0 Å². The van der Waals surface area contributed by atoms with Gasteiger partial charge in [0.15, 0.2) is 0 Å². The van der Waals surface area contributed by atoms with Crippen LogP contribution in [0.1, 0.15) is 22.8 Å². The number of rotatable bonds is 7. The van der Waals surface area contributed by atoms with Crippen molar-refractivity contribution >= 4 is 90.6 Å². The van der Waals surface area contributed by atoms with E-state index in [0.717, 1.165) is 17.8 Å². The summed E-state index contributed by atoms with van der Waals surface area (Å²) in [5, 5.41) is 9.90. The van der Waals surface area contributed by atoms with Gasteiger partial charge in [-0.2, -0.15) is 0 Å². The van der Waals surface area contributed by atoms with Crippen molar-refractivity contribution in [2.45, 2.75) is 13.5 Å². The average Bonchev–Trinajstić information content (AvgIpc) is 3.25. The monoisotopic (exact) mass is 688 g/mol. The lowest BCUT2D eigenvalue weighted by Crippen LogP contribution is -2.12. The van der Waals surface area contributed by atoms with E-state index in [1.807, 2.05) is 37.2 Å². The van der Waals surface area contributed by atoms with E-state index < -0.39 is 11.7 Å². The molecule has 2 amide bonds. The average molecular weight is 690 g/mol. The highest BCUT2D eigenvalue weighted by atomic mass is 79.9. The van der Waals surface area contributed by atoms with Crippen molar-refractivity contribution in [3.8, 4) is 11.5 Å². The molecular formula is C29H27BrCl2N6O5. The van der Waals surface area contributed by atoms with Gasteiger partial charge in [0, 0.05) is 40.9 Å². The van der Waals surface area contributed by atoms with E-state index in [4.69, 9.17) is 32.7 Å². The van der Waals surface area contributed by atoms with Crippen molar-refractivity contribution in [3.63, 3.8) is 0 Å². The van der Waals surface area contributed by atoms with E-state index in [0.29, 0.717) is 49.2 Å². The molecule has 14 heteroatoms. The third-order valence-electron chi connectivity index (χ3n) is 6.02. The lowest BCUT2D eigenvalue weighted by Gasteiger charge is -2.15. The molecule has 224 valence electrons. The number of hydrogen-bond donors (Lipinski definition) is 3. The molecule has 0 saturated heterocycles. The van der Waals surface area contributed by atoms with Crippen LogP contribution in [0.5, 0.6) is 11.5 Å². The number of Topliss-reactive ketones (excluding diaryl/α,β-unsaturated/α-hetero) is 1. The predicted molar refractivity (Wildman–Crippen MR) is 171 cm³/mol. The quantitative estimate of drug-likeness (QED) is 0.191. The molecule has 11 nitrogen and oxygen atoms in total. The molecule has 0 radical (unpaired) electrons. The number of anilines is 4. The molecule has 3 aromatic carbocycles. The number of benzene rings is 3. The minimum Gasteiger partial charge on any atom is -0.495 e. The van der Waals surface area contributed by atoms with Crippen molar-refractivity contribution in [2.24, 2.45) is 0 Å².